The monoisotopic (exact) mass is 332 g/mol. The van der Waals surface area contributed by atoms with E-state index in [0.717, 1.165) is 25.9 Å². The predicted molar refractivity (Wildman–Crippen MR) is 97.9 cm³/mol. The molecule has 0 aromatic heterocycles. The van der Waals surface area contributed by atoms with E-state index in [2.05, 4.69) is 36.2 Å². The lowest BCUT2D eigenvalue weighted by Crippen LogP contribution is -2.43. The van der Waals surface area contributed by atoms with E-state index in [4.69, 9.17) is 0 Å². The van der Waals surface area contributed by atoms with Crippen LogP contribution in [0.3, 0.4) is 0 Å². The van der Waals surface area contributed by atoms with Crippen LogP contribution in [0.4, 0.5) is 0 Å². The molecule has 134 valence electrons. The van der Waals surface area contributed by atoms with E-state index in [0.29, 0.717) is 19.0 Å². The van der Waals surface area contributed by atoms with Gasteiger partial charge in [-0.25, -0.2) is 0 Å². The molecule has 2 N–H and O–H groups in total. The first-order chi connectivity index (χ1) is 11.5. The van der Waals surface area contributed by atoms with Crippen LogP contribution in [0.2, 0.25) is 0 Å². The Morgan fingerprint density at radius 2 is 1.83 bits per heavy atom. The average Bonchev–Trinajstić information content (AvgIpc) is 2.59. The van der Waals surface area contributed by atoms with E-state index in [1.807, 2.05) is 18.2 Å². The van der Waals surface area contributed by atoms with Crippen molar-refractivity contribution in [3.63, 3.8) is 0 Å². The molecular weight excluding hydrogens is 300 g/mol. The van der Waals surface area contributed by atoms with Crippen molar-refractivity contribution in [1.82, 2.24) is 10.2 Å². The van der Waals surface area contributed by atoms with Gasteiger partial charge in [-0.15, -0.1) is 0 Å². The Hall–Kier alpha value is -1.39. The van der Waals surface area contributed by atoms with Crippen LogP contribution in [0.1, 0.15) is 51.5 Å². The van der Waals surface area contributed by atoms with Crippen molar-refractivity contribution in [3.8, 4) is 0 Å². The molecule has 2 unspecified atom stereocenters. The third kappa shape index (κ3) is 5.60. The highest BCUT2D eigenvalue weighted by molar-refractivity contribution is 5.78. The van der Waals surface area contributed by atoms with Crippen LogP contribution < -0.4 is 5.32 Å². The topological polar surface area (TPSA) is 52.6 Å². The van der Waals surface area contributed by atoms with Gasteiger partial charge >= 0.3 is 0 Å². The number of rotatable bonds is 7. The minimum Gasteiger partial charge on any atom is -0.393 e. The minimum atomic E-state index is -0.374. The first kappa shape index (κ1) is 18.9. The van der Waals surface area contributed by atoms with Crippen molar-refractivity contribution in [1.29, 1.82) is 0 Å². The second-order valence-electron chi connectivity index (χ2n) is 7.34. The zero-order valence-electron chi connectivity index (χ0n) is 15.2. The second kappa shape index (κ2) is 9.19. The van der Waals surface area contributed by atoms with Crippen molar-refractivity contribution in [2.75, 3.05) is 19.6 Å². The SMILES string of the molecule is CC(O)CC(CNC(=O)C1CCN(C(C)C)CC1)c1ccccc1. The van der Waals surface area contributed by atoms with Gasteiger partial charge in [0.05, 0.1) is 6.10 Å². The maximum absolute atomic E-state index is 12.5. The summed E-state index contributed by atoms with van der Waals surface area (Å²) in [6.07, 6.45) is 2.17. The van der Waals surface area contributed by atoms with Crippen LogP contribution in [0.5, 0.6) is 0 Å². The van der Waals surface area contributed by atoms with E-state index >= 15 is 0 Å². The smallest absolute Gasteiger partial charge is 0.223 e. The van der Waals surface area contributed by atoms with Crippen molar-refractivity contribution in [3.05, 3.63) is 35.9 Å². The highest BCUT2D eigenvalue weighted by atomic mass is 16.3. The molecule has 1 aromatic rings. The molecule has 1 heterocycles. The highest BCUT2D eigenvalue weighted by Crippen LogP contribution is 2.22. The Labute approximate surface area is 146 Å². The number of carbonyl (C=O) groups excluding carboxylic acids is 1. The summed E-state index contributed by atoms with van der Waals surface area (Å²) < 4.78 is 0. The Morgan fingerprint density at radius 1 is 1.21 bits per heavy atom. The lowest BCUT2D eigenvalue weighted by atomic mass is 9.92. The molecule has 0 bridgehead atoms. The van der Waals surface area contributed by atoms with Crippen LogP contribution >= 0.6 is 0 Å². The summed E-state index contributed by atoms with van der Waals surface area (Å²) >= 11 is 0. The zero-order chi connectivity index (χ0) is 17.5. The van der Waals surface area contributed by atoms with Crippen LogP contribution in [0.25, 0.3) is 0 Å². The molecule has 1 fully saturated rings. The summed E-state index contributed by atoms with van der Waals surface area (Å²) in [6, 6.07) is 10.7. The van der Waals surface area contributed by atoms with Gasteiger partial charge in [-0.2, -0.15) is 0 Å². The molecule has 0 aliphatic carbocycles. The fourth-order valence-electron chi connectivity index (χ4n) is 3.52. The molecule has 2 atom stereocenters. The van der Waals surface area contributed by atoms with E-state index < -0.39 is 0 Å². The van der Waals surface area contributed by atoms with Gasteiger partial charge < -0.3 is 15.3 Å². The van der Waals surface area contributed by atoms with Gasteiger partial charge in [0.1, 0.15) is 0 Å². The molecule has 1 saturated heterocycles. The standard InChI is InChI=1S/C20H32N2O2/c1-15(2)22-11-9-18(10-12-22)20(24)21-14-19(13-16(3)23)17-7-5-4-6-8-17/h4-8,15-16,18-19,23H,9-14H2,1-3H3,(H,21,24). The van der Waals surface area contributed by atoms with Crippen LogP contribution in [0, 0.1) is 5.92 Å². The van der Waals surface area contributed by atoms with Crippen molar-refractivity contribution in [2.45, 2.75) is 58.1 Å². The molecule has 4 nitrogen and oxygen atoms in total. The minimum absolute atomic E-state index is 0.128. The van der Waals surface area contributed by atoms with E-state index in [1.54, 1.807) is 6.92 Å². The Kier molecular flexibility index (Phi) is 7.25. The normalized spacial score (nSPS) is 19.2. The lowest BCUT2D eigenvalue weighted by molar-refractivity contribution is -0.126. The van der Waals surface area contributed by atoms with Gasteiger partial charge in [0.25, 0.3) is 0 Å². The van der Waals surface area contributed by atoms with Gasteiger partial charge in [0.15, 0.2) is 0 Å². The number of aliphatic hydroxyl groups is 1. The summed E-state index contributed by atoms with van der Waals surface area (Å²) in [4.78, 5) is 14.9. The number of hydrogen-bond acceptors (Lipinski definition) is 3. The first-order valence-electron chi connectivity index (χ1n) is 9.22. The number of nitrogens with zero attached hydrogens (tertiary/aromatic N) is 1. The highest BCUT2D eigenvalue weighted by Gasteiger charge is 2.26. The molecule has 0 saturated carbocycles. The number of likely N-dealkylation sites (tertiary alicyclic amines) is 1. The molecule has 0 radical (unpaired) electrons. The molecule has 24 heavy (non-hydrogen) atoms. The second-order valence-corrected chi connectivity index (χ2v) is 7.34. The summed E-state index contributed by atoms with van der Waals surface area (Å²) in [5.74, 6) is 0.457. The Bertz CT molecular complexity index is 494. The summed E-state index contributed by atoms with van der Waals surface area (Å²) in [7, 11) is 0. The van der Waals surface area contributed by atoms with E-state index in [-0.39, 0.29) is 23.8 Å². The lowest BCUT2D eigenvalue weighted by Gasteiger charge is -2.34. The largest absolute Gasteiger partial charge is 0.393 e. The maximum Gasteiger partial charge on any atom is 0.223 e. The first-order valence-corrected chi connectivity index (χ1v) is 9.22. The zero-order valence-corrected chi connectivity index (χ0v) is 15.2. The molecular formula is C20H32N2O2. The van der Waals surface area contributed by atoms with Crippen molar-refractivity contribution < 1.29 is 9.90 Å². The summed E-state index contributed by atoms with van der Waals surface area (Å²) in [5.41, 5.74) is 1.17. The predicted octanol–water partition coefficient (Wildman–Crippen LogP) is 2.78. The third-order valence-corrected chi connectivity index (χ3v) is 5.05. The van der Waals surface area contributed by atoms with Crippen LogP contribution in [-0.2, 0) is 4.79 Å². The van der Waals surface area contributed by atoms with Crippen molar-refractivity contribution in [2.24, 2.45) is 5.92 Å². The number of amides is 1. The van der Waals surface area contributed by atoms with Gasteiger partial charge in [0, 0.05) is 24.4 Å². The Morgan fingerprint density at radius 3 is 2.38 bits per heavy atom. The van der Waals surface area contributed by atoms with E-state index in [9.17, 15) is 9.90 Å². The number of aliphatic hydroxyl groups excluding tert-OH is 1. The number of hydrogen-bond donors (Lipinski definition) is 2. The molecule has 1 aromatic carbocycles. The van der Waals surface area contributed by atoms with Gasteiger partial charge in [-0.3, -0.25) is 4.79 Å². The van der Waals surface area contributed by atoms with Crippen LogP contribution in [-0.4, -0.2) is 47.7 Å². The summed E-state index contributed by atoms with van der Waals surface area (Å²) in [5, 5.41) is 12.9. The molecule has 0 spiro atoms. The molecule has 1 aliphatic heterocycles. The quantitative estimate of drug-likeness (QED) is 0.807. The number of carbonyl (C=O) groups is 1. The molecule has 1 aliphatic rings. The van der Waals surface area contributed by atoms with E-state index in [1.165, 1.54) is 5.56 Å². The fourth-order valence-corrected chi connectivity index (χ4v) is 3.52. The third-order valence-electron chi connectivity index (χ3n) is 5.05. The van der Waals surface area contributed by atoms with Gasteiger partial charge in [-0.1, -0.05) is 30.3 Å². The fraction of sp³-hybridized carbons (Fsp3) is 0.650. The molecule has 1 amide bonds. The van der Waals surface area contributed by atoms with Crippen LogP contribution in [0.15, 0.2) is 30.3 Å². The average molecular weight is 332 g/mol. The maximum atomic E-state index is 12.5. The van der Waals surface area contributed by atoms with Gasteiger partial charge in [0.2, 0.25) is 5.91 Å². The number of benzene rings is 1. The Balaban J connectivity index is 1.86. The molecule has 2 rings (SSSR count). The number of nitrogens with one attached hydrogen (secondary N) is 1. The number of piperidine rings is 1. The van der Waals surface area contributed by atoms with Crippen molar-refractivity contribution >= 4 is 5.91 Å². The van der Waals surface area contributed by atoms with Gasteiger partial charge in [-0.05, 0) is 58.7 Å². The summed E-state index contributed by atoms with van der Waals surface area (Å²) in [6.45, 7) is 8.83. The molecule has 4 heteroatoms.